The van der Waals surface area contributed by atoms with Crippen molar-refractivity contribution in [2.45, 2.75) is 25.9 Å². The van der Waals surface area contributed by atoms with Crippen LogP contribution in [-0.4, -0.2) is 40.4 Å². The summed E-state index contributed by atoms with van der Waals surface area (Å²) in [7, 11) is 0. The zero-order valence-corrected chi connectivity index (χ0v) is 15.6. The molecule has 7 heteroatoms. The summed E-state index contributed by atoms with van der Waals surface area (Å²) >= 11 is 6.23. The number of carbonyl (C=O) groups is 2. The van der Waals surface area contributed by atoms with Gasteiger partial charge < -0.3 is 10.0 Å². The Hall–Kier alpha value is -2.86. The van der Waals surface area contributed by atoms with Gasteiger partial charge in [0.15, 0.2) is 0 Å². The quantitative estimate of drug-likeness (QED) is 0.787. The molecule has 0 bridgehead atoms. The zero-order chi connectivity index (χ0) is 19.4. The second-order valence-electron chi connectivity index (χ2n) is 6.22. The van der Waals surface area contributed by atoms with Crippen molar-refractivity contribution in [1.29, 1.82) is 0 Å². The number of hydrogen-bond acceptors (Lipinski definition) is 3. The van der Waals surface area contributed by atoms with Crippen molar-refractivity contribution in [1.82, 2.24) is 4.90 Å². The van der Waals surface area contributed by atoms with Gasteiger partial charge in [-0.1, -0.05) is 48.9 Å². The van der Waals surface area contributed by atoms with Gasteiger partial charge in [-0.2, -0.15) is 0 Å². The lowest BCUT2D eigenvalue weighted by Gasteiger charge is -2.22. The number of nitrogens with one attached hydrogen (secondary N) is 1. The minimum Gasteiger partial charge on any atom is -0.465 e. The smallest absolute Gasteiger partial charge is 0.409 e. The molecule has 3 rings (SSSR count). The van der Waals surface area contributed by atoms with Crippen LogP contribution in [0.4, 0.5) is 10.5 Å². The van der Waals surface area contributed by atoms with Gasteiger partial charge >= 0.3 is 6.09 Å². The van der Waals surface area contributed by atoms with Crippen LogP contribution in [0, 0.1) is 0 Å². The molecule has 1 aliphatic rings. The van der Waals surface area contributed by atoms with Crippen LogP contribution in [-0.2, 0) is 11.2 Å². The van der Waals surface area contributed by atoms with Crippen LogP contribution >= 0.6 is 11.6 Å². The van der Waals surface area contributed by atoms with Crippen molar-refractivity contribution in [3.05, 3.63) is 64.7 Å². The van der Waals surface area contributed by atoms with E-state index in [1.807, 2.05) is 37.3 Å². The van der Waals surface area contributed by atoms with Crippen LogP contribution in [0.25, 0.3) is 0 Å². The van der Waals surface area contributed by atoms with Gasteiger partial charge in [0.25, 0.3) is 5.91 Å². The number of nitrogens with zero attached hydrogens (tertiary/aromatic N) is 2. The van der Waals surface area contributed by atoms with Crippen molar-refractivity contribution in [3.63, 3.8) is 0 Å². The Balaban J connectivity index is 1.69. The van der Waals surface area contributed by atoms with E-state index in [2.05, 4.69) is 10.3 Å². The molecule has 2 N–H and O–H groups in total. The molecule has 0 aliphatic carbocycles. The molecule has 0 radical (unpaired) electrons. The first-order valence-corrected chi connectivity index (χ1v) is 9.10. The fraction of sp³-hybridized carbons (Fsp3) is 0.250. The molecule has 0 spiro atoms. The Morgan fingerprint density at radius 2 is 1.93 bits per heavy atom. The molecule has 27 heavy (non-hydrogen) atoms. The molecule has 0 aromatic heterocycles. The third-order valence-electron chi connectivity index (χ3n) is 4.44. The molecular weight excluding hydrogens is 366 g/mol. The fourth-order valence-corrected chi connectivity index (χ4v) is 3.30. The molecule has 2 aromatic rings. The van der Waals surface area contributed by atoms with E-state index >= 15 is 0 Å². The lowest BCUT2D eigenvalue weighted by molar-refractivity contribution is -0.124. The number of carbonyl (C=O) groups excluding carboxylic acids is 1. The molecule has 1 heterocycles. The van der Waals surface area contributed by atoms with Crippen molar-refractivity contribution < 1.29 is 14.7 Å². The molecule has 1 unspecified atom stereocenters. The average molecular weight is 386 g/mol. The SMILES string of the molecule is CCC1N=C(c2ccccc2Cl)C(=O)N1CCc1ccc(NC(=O)O)cc1. The molecule has 6 nitrogen and oxygen atoms in total. The molecule has 140 valence electrons. The van der Waals surface area contributed by atoms with E-state index in [0.717, 1.165) is 12.0 Å². The topological polar surface area (TPSA) is 82.0 Å². The maximum atomic E-state index is 12.9. The number of carboxylic acid groups (broad SMARTS) is 1. The van der Waals surface area contributed by atoms with Crippen molar-refractivity contribution in [3.8, 4) is 0 Å². The van der Waals surface area contributed by atoms with Gasteiger partial charge in [-0.25, -0.2) is 4.79 Å². The third kappa shape index (κ3) is 4.28. The van der Waals surface area contributed by atoms with Gasteiger partial charge in [-0.15, -0.1) is 0 Å². The highest BCUT2D eigenvalue weighted by Gasteiger charge is 2.34. The highest BCUT2D eigenvalue weighted by Crippen LogP contribution is 2.24. The van der Waals surface area contributed by atoms with Gasteiger partial charge in [0.2, 0.25) is 0 Å². The van der Waals surface area contributed by atoms with Crippen LogP contribution in [0.3, 0.4) is 0 Å². The van der Waals surface area contributed by atoms with E-state index < -0.39 is 6.09 Å². The van der Waals surface area contributed by atoms with E-state index in [1.165, 1.54) is 0 Å². The van der Waals surface area contributed by atoms with E-state index in [4.69, 9.17) is 16.7 Å². The Morgan fingerprint density at radius 1 is 1.22 bits per heavy atom. The summed E-state index contributed by atoms with van der Waals surface area (Å²) in [5, 5.41) is 11.5. The summed E-state index contributed by atoms with van der Waals surface area (Å²) in [6.45, 7) is 2.52. The first-order valence-electron chi connectivity index (χ1n) is 8.72. The largest absolute Gasteiger partial charge is 0.465 e. The molecule has 0 saturated carbocycles. The lowest BCUT2D eigenvalue weighted by atomic mass is 10.1. The number of amides is 2. The van der Waals surface area contributed by atoms with Crippen LogP contribution < -0.4 is 5.32 Å². The summed E-state index contributed by atoms with van der Waals surface area (Å²) in [6, 6.07) is 14.3. The van der Waals surface area contributed by atoms with Crippen molar-refractivity contribution >= 4 is 35.0 Å². The number of benzene rings is 2. The first-order chi connectivity index (χ1) is 13.0. The van der Waals surface area contributed by atoms with E-state index in [1.54, 1.807) is 23.1 Å². The zero-order valence-electron chi connectivity index (χ0n) is 14.9. The van der Waals surface area contributed by atoms with Crippen LogP contribution in [0.2, 0.25) is 5.02 Å². The standard InChI is InChI=1S/C20H20ClN3O3/c1-2-17-23-18(15-5-3-4-6-16(15)21)19(25)24(17)12-11-13-7-9-14(10-8-13)22-20(26)27/h3-10,17,22H,2,11-12H2,1H3,(H,26,27). The molecule has 2 aromatic carbocycles. The van der Waals surface area contributed by atoms with Gasteiger partial charge in [-0.05, 0) is 36.6 Å². The number of aliphatic imine (C=N–C) groups is 1. The highest BCUT2D eigenvalue weighted by atomic mass is 35.5. The van der Waals surface area contributed by atoms with Gasteiger partial charge in [0.05, 0.1) is 5.02 Å². The lowest BCUT2D eigenvalue weighted by Crippen LogP contribution is -2.37. The molecule has 0 saturated heterocycles. The Labute approximate surface area is 162 Å². The third-order valence-corrected chi connectivity index (χ3v) is 4.77. The number of rotatable bonds is 6. The molecule has 2 amide bonds. The average Bonchev–Trinajstić information content (AvgIpc) is 2.97. The van der Waals surface area contributed by atoms with E-state index in [9.17, 15) is 9.59 Å². The first kappa shape index (κ1) is 18.9. The minimum absolute atomic E-state index is 0.112. The summed E-state index contributed by atoms with van der Waals surface area (Å²) < 4.78 is 0. The predicted molar refractivity (Wildman–Crippen MR) is 106 cm³/mol. The van der Waals surface area contributed by atoms with Gasteiger partial charge in [0.1, 0.15) is 11.9 Å². The number of hydrogen-bond donors (Lipinski definition) is 2. The van der Waals surface area contributed by atoms with Gasteiger partial charge in [-0.3, -0.25) is 15.1 Å². The summed E-state index contributed by atoms with van der Waals surface area (Å²) in [5.41, 5.74) is 2.60. The Kier molecular flexibility index (Phi) is 5.76. The molecular formula is C20H20ClN3O3. The Morgan fingerprint density at radius 3 is 2.56 bits per heavy atom. The maximum Gasteiger partial charge on any atom is 0.409 e. The second-order valence-corrected chi connectivity index (χ2v) is 6.63. The van der Waals surface area contributed by atoms with E-state index in [0.29, 0.717) is 35.0 Å². The highest BCUT2D eigenvalue weighted by molar-refractivity contribution is 6.49. The molecule has 1 atom stereocenters. The Bertz CT molecular complexity index is 880. The molecule has 0 fully saturated rings. The summed E-state index contributed by atoms with van der Waals surface area (Å²) in [5.74, 6) is -0.112. The van der Waals surface area contributed by atoms with Crippen molar-refractivity contribution in [2.75, 3.05) is 11.9 Å². The van der Waals surface area contributed by atoms with Crippen molar-refractivity contribution in [2.24, 2.45) is 4.99 Å². The second kappa shape index (κ2) is 8.22. The summed E-state index contributed by atoms with van der Waals surface area (Å²) in [4.78, 5) is 29.9. The minimum atomic E-state index is -1.10. The van der Waals surface area contributed by atoms with E-state index in [-0.39, 0.29) is 12.1 Å². The van der Waals surface area contributed by atoms with Crippen LogP contribution in [0.5, 0.6) is 0 Å². The van der Waals surface area contributed by atoms with Gasteiger partial charge in [0, 0.05) is 17.8 Å². The van der Waals surface area contributed by atoms with Crippen LogP contribution in [0.1, 0.15) is 24.5 Å². The summed E-state index contributed by atoms with van der Waals surface area (Å²) in [6.07, 6.45) is 0.0828. The maximum absolute atomic E-state index is 12.9. The normalized spacial score (nSPS) is 16.4. The van der Waals surface area contributed by atoms with Crippen LogP contribution in [0.15, 0.2) is 53.5 Å². The number of halogens is 1. The number of anilines is 1. The predicted octanol–water partition coefficient (Wildman–Crippen LogP) is 4.04. The fourth-order valence-electron chi connectivity index (χ4n) is 3.07. The molecule has 1 aliphatic heterocycles. The monoisotopic (exact) mass is 385 g/mol.